The molecular weight excluding hydrogens is 368 g/mol. The van der Waals surface area contributed by atoms with Crippen molar-refractivity contribution in [3.63, 3.8) is 0 Å². The molecule has 0 bridgehead atoms. The van der Waals surface area contributed by atoms with Crippen LogP contribution in [0.4, 0.5) is 0 Å². The topological polar surface area (TPSA) is 66.9 Å². The lowest BCUT2D eigenvalue weighted by Gasteiger charge is -2.35. The standard InChI is InChI=1S/C23H32N2O4/c1-29-20-11-9-19(10-12-20)21(26)7-4-8-22(27)24-13-15-25(16-14-24)23(28)17-18-5-2-3-6-18/h9-12,18H,2-8,13-17H2,1H3. The van der Waals surface area contributed by atoms with Crippen LogP contribution in [0.1, 0.15) is 61.7 Å². The van der Waals surface area contributed by atoms with Crippen LogP contribution in [0.3, 0.4) is 0 Å². The summed E-state index contributed by atoms with van der Waals surface area (Å²) in [5, 5.41) is 0. The normalized spacial score (nSPS) is 17.4. The van der Waals surface area contributed by atoms with Gasteiger partial charge in [-0.1, -0.05) is 12.8 Å². The van der Waals surface area contributed by atoms with E-state index in [1.807, 2.05) is 9.80 Å². The highest BCUT2D eigenvalue weighted by Gasteiger charge is 2.26. The Bertz CT molecular complexity index is 702. The van der Waals surface area contributed by atoms with Crippen LogP contribution < -0.4 is 4.74 Å². The van der Waals surface area contributed by atoms with Crippen LogP contribution in [0.15, 0.2) is 24.3 Å². The van der Waals surface area contributed by atoms with Crippen molar-refractivity contribution in [2.75, 3.05) is 33.3 Å². The first-order valence-corrected chi connectivity index (χ1v) is 10.8. The number of methoxy groups -OCH3 is 1. The average Bonchev–Trinajstić information content (AvgIpc) is 3.26. The van der Waals surface area contributed by atoms with Crippen molar-refractivity contribution in [2.24, 2.45) is 5.92 Å². The molecule has 158 valence electrons. The molecule has 1 aromatic carbocycles. The van der Waals surface area contributed by atoms with Gasteiger partial charge in [-0.25, -0.2) is 0 Å². The van der Waals surface area contributed by atoms with E-state index in [1.54, 1.807) is 31.4 Å². The minimum atomic E-state index is 0.0442. The second-order valence-corrected chi connectivity index (χ2v) is 8.12. The molecule has 0 spiro atoms. The van der Waals surface area contributed by atoms with Crippen LogP contribution >= 0.6 is 0 Å². The first-order valence-electron chi connectivity index (χ1n) is 10.8. The number of benzene rings is 1. The van der Waals surface area contributed by atoms with Gasteiger partial charge in [-0.2, -0.15) is 0 Å². The Morgan fingerprint density at radius 1 is 0.897 bits per heavy atom. The molecule has 0 atom stereocenters. The first-order chi connectivity index (χ1) is 14.1. The van der Waals surface area contributed by atoms with Crippen LogP contribution in [-0.2, 0) is 9.59 Å². The maximum absolute atomic E-state index is 12.4. The predicted molar refractivity (Wildman–Crippen MR) is 111 cm³/mol. The van der Waals surface area contributed by atoms with Crippen LogP contribution in [0, 0.1) is 5.92 Å². The molecule has 1 saturated heterocycles. The molecule has 29 heavy (non-hydrogen) atoms. The molecule has 0 aromatic heterocycles. The van der Waals surface area contributed by atoms with Gasteiger partial charge in [-0.3, -0.25) is 14.4 Å². The summed E-state index contributed by atoms with van der Waals surface area (Å²) in [6.07, 6.45) is 6.81. The minimum Gasteiger partial charge on any atom is -0.497 e. The van der Waals surface area contributed by atoms with Crippen LogP contribution in [0.2, 0.25) is 0 Å². The second kappa shape index (κ2) is 10.4. The largest absolute Gasteiger partial charge is 0.497 e. The third-order valence-electron chi connectivity index (χ3n) is 6.13. The molecule has 2 fully saturated rings. The fourth-order valence-corrected chi connectivity index (χ4v) is 4.28. The molecule has 1 aliphatic heterocycles. The van der Waals surface area contributed by atoms with Crippen LogP contribution in [0.5, 0.6) is 5.75 Å². The molecule has 1 aliphatic carbocycles. The molecule has 1 heterocycles. The van der Waals surface area contributed by atoms with Crippen molar-refractivity contribution in [3.05, 3.63) is 29.8 Å². The fourth-order valence-electron chi connectivity index (χ4n) is 4.28. The lowest BCUT2D eigenvalue weighted by molar-refractivity contribution is -0.140. The summed E-state index contributed by atoms with van der Waals surface area (Å²) in [5.41, 5.74) is 0.646. The average molecular weight is 401 g/mol. The summed E-state index contributed by atoms with van der Waals surface area (Å²) in [7, 11) is 1.59. The number of rotatable bonds is 8. The summed E-state index contributed by atoms with van der Waals surface area (Å²) in [5.74, 6) is 1.65. The lowest BCUT2D eigenvalue weighted by atomic mass is 10.0. The summed E-state index contributed by atoms with van der Waals surface area (Å²) in [6.45, 7) is 2.45. The summed E-state index contributed by atoms with van der Waals surface area (Å²) in [6, 6.07) is 7.05. The summed E-state index contributed by atoms with van der Waals surface area (Å²) in [4.78, 5) is 40.9. The van der Waals surface area contributed by atoms with Gasteiger partial charge in [0, 0.05) is 51.0 Å². The number of hydrogen-bond acceptors (Lipinski definition) is 4. The molecule has 0 N–H and O–H groups in total. The van der Waals surface area contributed by atoms with Gasteiger partial charge in [0.15, 0.2) is 5.78 Å². The zero-order valence-electron chi connectivity index (χ0n) is 17.4. The van der Waals surface area contributed by atoms with Gasteiger partial charge in [0.05, 0.1) is 7.11 Å². The molecule has 3 rings (SSSR count). The summed E-state index contributed by atoms with van der Waals surface area (Å²) < 4.78 is 5.10. The second-order valence-electron chi connectivity index (χ2n) is 8.12. The molecular formula is C23H32N2O4. The quantitative estimate of drug-likeness (QED) is 0.628. The van der Waals surface area contributed by atoms with Gasteiger partial charge >= 0.3 is 0 Å². The molecule has 0 radical (unpaired) electrons. The smallest absolute Gasteiger partial charge is 0.222 e. The zero-order valence-corrected chi connectivity index (χ0v) is 17.4. The van der Waals surface area contributed by atoms with Crippen molar-refractivity contribution >= 4 is 17.6 Å². The maximum Gasteiger partial charge on any atom is 0.222 e. The van der Waals surface area contributed by atoms with Crippen molar-refractivity contribution < 1.29 is 19.1 Å². The van der Waals surface area contributed by atoms with Crippen LogP contribution in [0.25, 0.3) is 0 Å². The summed E-state index contributed by atoms with van der Waals surface area (Å²) >= 11 is 0. The number of carbonyl (C=O) groups excluding carboxylic acids is 3. The Morgan fingerprint density at radius 2 is 1.48 bits per heavy atom. The first kappa shape index (κ1) is 21.3. The molecule has 1 aromatic rings. The highest BCUT2D eigenvalue weighted by atomic mass is 16.5. The van der Waals surface area contributed by atoms with E-state index in [9.17, 15) is 14.4 Å². The van der Waals surface area contributed by atoms with Crippen molar-refractivity contribution in [3.8, 4) is 5.75 Å². The fraction of sp³-hybridized carbons (Fsp3) is 0.609. The Labute approximate surface area is 173 Å². The minimum absolute atomic E-state index is 0.0442. The molecule has 1 saturated carbocycles. The number of nitrogens with zero attached hydrogens (tertiary/aromatic N) is 2. The SMILES string of the molecule is COc1ccc(C(=O)CCCC(=O)N2CCN(C(=O)CC3CCCC3)CC2)cc1. The lowest BCUT2D eigenvalue weighted by Crippen LogP contribution is -2.50. The number of ether oxygens (including phenoxy) is 1. The predicted octanol–water partition coefficient (Wildman–Crippen LogP) is 3.30. The van der Waals surface area contributed by atoms with E-state index < -0.39 is 0 Å². The maximum atomic E-state index is 12.4. The molecule has 0 unspecified atom stereocenters. The third-order valence-corrected chi connectivity index (χ3v) is 6.13. The number of hydrogen-bond donors (Lipinski definition) is 0. The van der Waals surface area contributed by atoms with E-state index in [0.29, 0.717) is 63.3 Å². The molecule has 6 heteroatoms. The third kappa shape index (κ3) is 6.05. The molecule has 2 amide bonds. The van der Waals surface area contributed by atoms with Gasteiger partial charge in [0.2, 0.25) is 11.8 Å². The van der Waals surface area contributed by atoms with E-state index in [1.165, 1.54) is 25.7 Å². The van der Waals surface area contributed by atoms with Gasteiger partial charge in [-0.05, 0) is 49.4 Å². The highest BCUT2D eigenvalue weighted by Crippen LogP contribution is 2.28. The highest BCUT2D eigenvalue weighted by molar-refractivity contribution is 5.96. The van der Waals surface area contributed by atoms with E-state index in [-0.39, 0.29) is 17.6 Å². The Balaban J connectivity index is 1.34. The Morgan fingerprint density at radius 3 is 2.07 bits per heavy atom. The van der Waals surface area contributed by atoms with E-state index in [4.69, 9.17) is 4.74 Å². The number of Topliss-reactive ketones (excluding diaryl/α,β-unsaturated/α-hetero) is 1. The number of ketones is 1. The van der Waals surface area contributed by atoms with Gasteiger partial charge in [-0.15, -0.1) is 0 Å². The Kier molecular flexibility index (Phi) is 7.67. The van der Waals surface area contributed by atoms with Gasteiger partial charge in [0.25, 0.3) is 0 Å². The number of piperazine rings is 1. The van der Waals surface area contributed by atoms with E-state index in [2.05, 4.69) is 0 Å². The van der Waals surface area contributed by atoms with Crippen LogP contribution in [-0.4, -0.2) is 60.7 Å². The number of amides is 2. The van der Waals surface area contributed by atoms with E-state index >= 15 is 0 Å². The zero-order chi connectivity index (χ0) is 20.6. The monoisotopic (exact) mass is 400 g/mol. The molecule has 2 aliphatic rings. The van der Waals surface area contributed by atoms with Gasteiger partial charge < -0.3 is 14.5 Å². The van der Waals surface area contributed by atoms with Gasteiger partial charge in [0.1, 0.15) is 5.75 Å². The van der Waals surface area contributed by atoms with E-state index in [0.717, 1.165) is 5.75 Å². The molecule has 6 nitrogen and oxygen atoms in total. The van der Waals surface area contributed by atoms with Crippen molar-refractivity contribution in [1.82, 2.24) is 9.80 Å². The number of carbonyl (C=O) groups is 3. The van der Waals surface area contributed by atoms with Crippen molar-refractivity contribution in [1.29, 1.82) is 0 Å². The Hall–Kier alpha value is -2.37. The van der Waals surface area contributed by atoms with Crippen molar-refractivity contribution in [2.45, 2.75) is 51.4 Å².